The van der Waals surface area contributed by atoms with Gasteiger partial charge in [0, 0.05) is 49.7 Å². The highest BCUT2D eigenvalue weighted by atomic mass is 16.5. The van der Waals surface area contributed by atoms with Gasteiger partial charge in [0.05, 0.1) is 53.7 Å². The number of aryl methyl sites for hydroxylation is 1. The van der Waals surface area contributed by atoms with Crippen LogP contribution in [0.1, 0.15) is 52.8 Å². The molecular formula is C49H52N10O2. The number of piperazine rings is 1. The molecule has 4 aliphatic rings. The van der Waals surface area contributed by atoms with E-state index in [9.17, 15) is 10.1 Å². The molecule has 0 bridgehead atoms. The molecule has 3 saturated heterocycles. The zero-order chi connectivity index (χ0) is 41.5. The van der Waals surface area contributed by atoms with E-state index in [0.29, 0.717) is 51.4 Å². The van der Waals surface area contributed by atoms with Gasteiger partial charge in [0.25, 0.3) is 0 Å². The number of aromatic nitrogens is 4. The number of aromatic amines is 1. The highest BCUT2D eigenvalue weighted by Crippen LogP contribution is 2.49. The van der Waals surface area contributed by atoms with E-state index in [1.807, 2.05) is 29.3 Å². The summed E-state index contributed by atoms with van der Waals surface area (Å²) in [5.41, 5.74) is 8.10. The van der Waals surface area contributed by atoms with Gasteiger partial charge in [-0.3, -0.25) is 14.8 Å². The minimum atomic E-state index is -0.671. The van der Waals surface area contributed by atoms with Gasteiger partial charge in [-0.25, -0.2) is 0 Å². The first-order valence-electron chi connectivity index (χ1n) is 21.7. The number of amides is 1. The monoisotopic (exact) mass is 812 g/mol. The lowest BCUT2D eigenvalue weighted by atomic mass is 9.76. The molecule has 2 aromatic heterocycles. The van der Waals surface area contributed by atoms with Crippen LogP contribution in [0, 0.1) is 18.3 Å². The molecule has 3 fully saturated rings. The SMILES string of the molecule is Cc1ccc2[nH]ncc2c1N1CCc2c(nc(OC[C@@H]3CCCN3C)nc2N2CCN(C(=O)C3CN3C(c3ccccc3)(c3ccccc3)c3ccccc3)[C@@H](CC#N)C2)C1. The number of anilines is 2. The Morgan fingerprint density at radius 1 is 0.852 bits per heavy atom. The summed E-state index contributed by atoms with van der Waals surface area (Å²) in [5, 5.41) is 18.8. The van der Waals surface area contributed by atoms with Crippen molar-refractivity contribution in [3.63, 3.8) is 0 Å². The number of hydrogen-bond donors (Lipinski definition) is 1. The molecule has 4 aromatic carbocycles. The minimum absolute atomic E-state index is 0.0703. The lowest BCUT2D eigenvalue weighted by Gasteiger charge is -2.43. The van der Waals surface area contributed by atoms with Crippen molar-refractivity contribution in [1.82, 2.24) is 34.9 Å². The fourth-order valence-corrected chi connectivity index (χ4v) is 10.4. The van der Waals surface area contributed by atoms with Crippen LogP contribution in [0.5, 0.6) is 6.01 Å². The Hall–Kier alpha value is -6.29. The summed E-state index contributed by atoms with van der Waals surface area (Å²) in [6, 6.07) is 38.3. The third-order valence-corrected chi connectivity index (χ3v) is 13.5. The predicted molar refractivity (Wildman–Crippen MR) is 236 cm³/mol. The molecular weight excluding hydrogens is 761 g/mol. The maximum atomic E-state index is 14.9. The van der Waals surface area contributed by atoms with Gasteiger partial charge in [-0.2, -0.15) is 20.3 Å². The van der Waals surface area contributed by atoms with Gasteiger partial charge < -0.3 is 24.3 Å². The van der Waals surface area contributed by atoms with Crippen molar-refractivity contribution in [1.29, 1.82) is 5.26 Å². The summed E-state index contributed by atoms with van der Waals surface area (Å²) in [6.45, 7) is 7.33. The van der Waals surface area contributed by atoms with E-state index in [1.54, 1.807) is 0 Å². The molecule has 4 aliphatic heterocycles. The van der Waals surface area contributed by atoms with Crippen molar-refractivity contribution in [2.24, 2.45) is 0 Å². The molecule has 310 valence electrons. The Balaban J connectivity index is 0.950. The fraction of sp³-hybridized carbons (Fsp3) is 0.367. The van der Waals surface area contributed by atoms with Gasteiger partial charge in [0.15, 0.2) is 0 Å². The Kier molecular flexibility index (Phi) is 10.4. The van der Waals surface area contributed by atoms with Crippen LogP contribution in [0.3, 0.4) is 0 Å². The average molecular weight is 813 g/mol. The molecule has 1 amide bonds. The van der Waals surface area contributed by atoms with Crippen molar-refractivity contribution in [2.75, 3.05) is 62.7 Å². The summed E-state index contributed by atoms with van der Waals surface area (Å²) in [6.07, 6.45) is 5.13. The van der Waals surface area contributed by atoms with E-state index in [0.717, 1.165) is 77.0 Å². The number of hydrogen-bond acceptors (Lipinski definition) is 10. The zero-order valence-electron chi connectivity index (χ0n) is 35.0. The molecule has 0 saturated carbocycles. The number of likely N-dealkylation sites (N-methyl/N-ethyl adjacent to an activating group) is 1. The Morgan fingerprint density at radius 2 is 1.56 bits per heavy atom. The number of H-pyrrole nitrogens is 1. The molecule has 6 aromatic rings. The van der Waals surface area contributed by atoms with Crippen molar-refractivity contribution in [2.45, 2.75) is 62.8 Å². The number of nitrogens with zero attached hydrogens (tertiary/aromatic N) is 9. The van der Waals surface area contributed by atoms with Crippen LogP contribution in [0.15, 0.2) is 109 Å². The van der Waals surface area contributed by atoms with Gasteiger partial charge in [-0.1, -0.05) is 97.1 Å². The lowest BCUT2D eigenvalue weighted by Crippen LogP contribution is -2.57. The number of benzene rings is 4. The van der Waals surface area contributed by atoms with Gasteiger partial charge in [-0.05, 0) is 68.1 Å². The molecule has 12 nitrogen and oxygen atoms in total. The highest BCUT2D eigenvalue weighted by Gasteiger charge is 2.57. The first kappa shape index (κ1) is 38.9. The summed E-state index contributed by atoms with van der Waals surface area (Å²) < 4.78 is 6.46. The number of carbonyl (C=O) groups excluding carboxylic acids is 1. The number of nitriles is 1. The maximum absolute atomic E-state index is 14.9. The predicted octanol–water partition coefficient (Wildman–Crippen LogP) is 6.30. The molecule has 4 atom stereocenters. The Morgan fingerprint density at radius 3 is 2.21 bits per heavy atom. The van der Waals surface area contributed by atoms with E-state index in [1.165, 1.54) is 11.3 Å². The van der Waals surface area contributed by atoms with E-state index in [4.69, 9.17) is 14.7 Å². The van der Waals surface area contributed by atoms with E-state index < -0.39 is 5.54 Å². The zero-order valence-corrected chi connectivity index (χ0v) is 35.0. The smallest absolute Gasteiger partial charge is 0.318 e. The van der Waals surface area contributed by atoms with Gasteiger partial charge in [0.2, 0.25) is 5.91 Å². The van der Waals surface area contributed by atoms with Crippen molar-refractivity contribution >= 4 is 28.3 Å². The van der Waals surface area contributed by atoms with E-state index in [2.05, 4.69) is 135 Å². The molecule has 12 heteroatoms. The van der Waals surface area contributed by atoms with Gasteiger partial charge in [-0.15, -0.1) is 0 Å². The van der Waals surface area contributed by atoms with Crippen molar-refractivity contribution < 1.29 is 9.53 Å². The van der Waals surface area contributed by atoms with E-state index >= 15 is 0 Å². The van der Waals surface area contributed by atoms with Crippen molar-refractivity contribution in [3.8, 4) is 12.1 Å². The molecule has 2 unspecified atom stereocenters. The molecule has 0 radical (unpaired) electrons. The van der Waals surface area contributed by atoms with Crippen LogP contribution in [0.25, 0.3) is 10.9 Å². The van der Waals surface area contributed by atoms with Crippen molar-refractivity contribution in [3.05, 3.63) is 143 Å². The normalized spacial score (nSPS) is 21.6. The number of ether oxygens (including phenoxy) is 1. The second-order valence-corrected chi connectivity index (χ2v) is 17.0. The summed E-state index contributed by atoms with van der Waals surface area (Å²) in [4.78, 5) is 36.5. The number of carbonyl (C=O) groups is 1. The number of fused-ring (bicyclic) bond motifs is 2. The number of rotatable bonds is 11. The van der Waals surface area contributed by atoms with Gasteiger partial charge in [0.1, 0.15) is 18.5 Å². The van der Waals surface area contributed by atoms with Crippen LogP contribution in [-0.2, 0) is 23.3 Å². The van der Waals surface area contributed by atoms with E-state index in [-0.39, 0.29) is 24.4 Å². The standard InChI is InChI=1S/C49H52N10O2/c1-34-20-21-42-41(29-51-54-42)45(34)56-26-23-40-43(31-56)52-48(61-33-39-19-12-25-55(39)2)53-46(40)57-27-28-58(38(30-57)22-24-50)47(60)44-32-59(44)49(35-13-6-3-7-14-35,36-15-8-4-9-16-36)37-17-10-5-11-18-37/h3-11,13-18,20-21,29,38-39,44H,12,19,22-23,25-28,30-33H2,1-2H3,(H,51,54)/t38-,39-,44?,59?/m0/s1. The summed E-state index contributed by atoms with van der Waals surface area (Å²) in [7, 11) is 2.15. The maximum Gasteiger partial charge on any atom is 0.318 e. The molecule has 1 N–H and O–H groups in total. The summed E-state index contributed by atoms with van der Waals surface area (Å²) >= 11 is 0. The minimum Gasteiger partial charge on any atom is -0.462 e. The first-order valence-corrected chi connectivity index (χ1v) is 21.7. The highest BCUT2D eigenvalue weighted by molar-refractivity contribution is 5.93. The van der Waals surface area contributed by atoms with Gasteiger partial charge >= 0.3 is 6.01 Å². The lowest BCUT2D eigenvalue weighted by molar-refractivity contribution is -0.134. The third kappa shape index (κ3) is 7.05. The molecule has 0 aliphatic carbocycles. The molecule has 10 rings (SSSR count). The van der Waals surface area contributed by atoms with Crippen LogP contribution in [-0.4, -0.2) is 112 Å². The fourth-order valence-electron chi connectivity index (χ4n) is 10.4. The van der Waals surface area contributed by atoms with Crippen LogP contribution in [0.2, 0.25) is 0 Å². The Labute approximate surface area is 357 Å². The topological polar surface area (TPSA) is 121 Å². The third-order valence-electron chi connectivity index (χ3n) is 13.5. The van der Waals surface area contributed by atoms with Crippen LogP contribution in [0.4, 0.5) is 11.5 Å². The quantitative estimate of drug-likeness (QED) is 0.118. The van der Waals surface area contributed by atoms with Crippen LogP contribution < -0.4 is 14.5 Å². The second-order valence-electron chi connectivity index (χ2n) is 17.0. The molecule has 6 heterocycles. The Bertz CT molecular complexity index is 2460. The number of nitrogens with one attached hydrogen (secondary N) is 1. The average Bonchev–Trinajstić information content (AvgIpc) is 3.75. The molecule has 0 spiro atoms. The molecule has 61 heavy (non-hydrogen) atoms. The first-order chi connectivity index (χ1) is 29.9. The number of likely N-dealkylation sites (tertiary alicyclic amines) is 1. The van der Waals surface area contributed by atoms with Crippen LogP contribution >= 0.6 is 0 Å². The second kappa shape index (κ2) is 16.3. The largest absolute Gasteiger partial charge is 0.462 e. The summed E-state index contributed by atoms with van der Waals surface area (Å²) in [5.74, 6) is 0.929.